The molecule has 0 unspecified atom stereocenters. The second-order valence-electron chi connectivity index (χ2n) is 5.98. The minimum atomic E-state index is -0.458. The minimum Gasteiger partial charge on any atom is -0.444 e. The van der Waals surface area contributed by atoms with Crippen LogP contribution in [0.25, 0.3) is 0 Å². The molecule has 1 amide bonds. The van der Waals surface area contributed by atoms with Gasteiger partial charge in [0.2, 0.25) is 0 Å². The van der Waals surface area contributed by atoms with E-state index in [0.717, 1.165) is 19.3 Å². The van der Waals surface area contributed by atoms with E-state index in [0.29, 0.717) is 5.92 Å². The van der Waals surface area contributed by atoms with E-state index in [2.05, 4.69) is 5.32 Å². The molecule has 0 aromatic carbocycles. The minimum absolute atomic E-state index is 0.116. The number of carbonyl (C=O) groups is 1. The van der Waals surface area contributed by atoms with Crippen molar-refractivity contribution in [3.63, 3.8) is 0 Å². The van der Waals surface area contributed by atoms with Gasteiger partial charge in [0.25, 0.3) is 0 Å². The third kappa shape index (κ3) is 2.32. The summed E-state index contributed by atoms with van der Waals surface area (Å²) in [6.45, 7) is 5.56. The molecule has 4 atom stereocenters. The van der Waals surface area contributed by atoms with E-state index < -0.39 is 5.60 Å². The van der Waals surface area contributed by atoms with Gasteiger partial charge >= 0.3 is 6.09 Å². The molecule has 4 heteroatoms. The van der Waals surface area contributed by atoms with E-state index >= 15 is 0 Å². The Morgan fingerprint density at radius 3 is 2.50 bits per heavy atom. The van der Waals surface area contributed by atoms with Crippen molar-refractivity contribution < 1.29 is 14.6 Å². The third-order valence-corrected chi connectivity index (χ3v) is 3.56. The third-order valence-electron chi connectivity index (χ3n) is 3.56. The molecule has 0 heterocycles. The molecular formula is C12H21NO3. The Labute approximate surface area is 96.4 Å². The van der Waals surface area contributed by atoms with Gasteiger partial charge in [-0.2, -0.15) is 0 Å². The van der Waals surface area contributed by atoms with Crippen LogP contribution in [0.3, 0.4) is 0 Å². The number of aliphatic hydroxyl groups excluding tert-OH is 1. The van der Waals surface area contributed by atoms with Crippen LogP contribution in [0.2, 0.25) is 0 Å². The smallest absolute Gasteiger partial charge is 0.407 e. The van der Waals surface area contributed by atoms with Crippen molar-refractivity contribution >= 4 is 6.09 Å². The SMILES string of the molecule is CC(C)(C)OC(=O)N[C@@H]1[C@H]2CC[C@H]1[C@@H](O)C2. The topological polar surface area (TPSA) is 58.6 Å². The molecule has 2 N–H and O–H groups in total. The predicted octanol–water partition coefficient (Wildman–Crippen LogP) is 1.67. The highest BCUT2D eigenvalue weighted by Gasteiger charge is 2.48. The summed E-state index contributed by atoms with van der Waals surface area (Å²) < 4.78 is 5.23. The summed E-state index contributed by atoms with van der Waals surface area (Å²) in [5.41, 5.74) is -0.458. The van der Waals surface area contributed by atoms with E-state index in [-0.39, 0.29) is 24.2 Å². The van der Waals surface area contributed by atoms with E-state index in [1.165, 1.54) is 0 Å². The molecule has 0 saturated heterocycles. The average molecular weight is 227 g/mol. The molecule has 0 radical (unpaired) electrons. The molecular weight excluding hydrogens is 206 g/mol. The Hall–Kier alpha value is -0.770. The molecule has 2 rings (SSSR count). The van der Waals surface area contributed by atoms with Crippen LogP contribution < -0.4 is 5.32 Å². The maximum absolute atomic E-state index is 11.6. The lowest BCUT2D eigenvalue weighted by Gasteiger charge is -2.23. The van der Waals surface area contributed by atoms with Gasteiger partial charge in [0, 0.05) is 12.0 Å². The van der Waals surface area contributed by atoms with Crippen molar-refractivity contribution in [2.24, 2.45) is 11.8 Å². The van der Waals surface area contributed by atoms with Crippen LogP contribution in [-0.2, 0) is 4.74 Å². The number of nitrogens with one attached hydrogen (secondary N) is 1. The van der Waals surface area contributed by atoms with Gasteiger partial charge < -0.3 is 15.2 Å². The van der Waals surface area contributed by atoms with Crippen molar-refractivity contribution in [1.29, 1.82) is 0 Å². The molecule has 0 aromatic rings. The Morgan fingerprint density at radius 1 is 1.38 bits per heavy atom. The molecule has 92 valence electrons. The fraction of sp³-hybridized carbons (Fsp3) is 0.917. The van der Waals surface area contributed by atoms with Crippen LogP contribution in [0.15, 0.2) is 0 Å². The summed E-state index contributed by atoms with van der Waals surface area (Å²) in [7, 11) is 0. The zero-order valence-corrected chi connectivity index (χ0v) is 10.2. The maximum atomic E-state index is 11.6. The monoisotopic (exact) mass is 227 g/mol. The highest BCUT2D eigenvalue weighted by atomic mass is 16.6. The molecule has 0 aromatic heterocycles. The molecule has 2 saturated carbocycles. The number of hydrogen-bond donors (Lipinski definition) is 2. The standard InChI is InChI=1S/C12H21NO3/c1-12(2,3)16-11(15)13-10-7-4-5-8(10)9(14)6-7/h7-10,14H,4-6H2,1-3H3,(H,13,15)/t7-,8-,9-,10+/m0/s1. The average Bonchev–Trinajstić information content (AvgIpc) is 2.57. The zero-order valence-electron chi connectivity index (χ0n) is 10.2. The van der Waals surface area contributed by atoms with Gasteiger partial charge in [-0.25, -0.2) is 4.79 Å². The normalized spacial score (nSPS) is 37.5. The first-order valence-electron chi connectivity index (χ1n) is 6.04. The number of rotatable bonds is 1. The Bertz CT molecular complexity index is 284. The van der Waals surface area contributed by atoms with Crippen LogP contribution >= 0.6 is 0 Å². The molecule has 2 fully saturated rings. The summed E-state index contributed by atoms with van der Waals surface area (Å²) in [6, 6.07) is 0.116. The van der Waals surface area contributed by atoms with E-state index in [1.807, 2.05) is 20.8 Å². The second-order valence-corrected chi connectivity index (χ2v) is 5.98. The van der Waals surface area contributed by atoms with Crippen LogP contribution in [0, 0.1) is 11.8 Å². The fourth-order valence-electron chi connectivity index (χ4n) is 2.96. The van der Waals surface area contributed by atoms with Gasteiger partial charge in [-0.15, -0.1) is 0 Å². The second kappa shape index (κ2) is 3.91. The molecule has 4 nitrogen and oxygen atoms in total. The summed E-state index contributed by atoms with van der Waals surface area (Å²) in [5.74, 6) is 0.671. The van der Waals surface area contributed by atoms with Gasteiger partial charge in [-0.05, 0) is 46.0 Å². The quantitative estimate of drug-likeness (QED) is 0.716. The van der Waals surface area contributed by atoms with Gasteiger partial charge in [0.05, 0.1) is 6.10 Å². The summed E-state index contributed by atoms with van der Waals surface area (Å²) in [6.07, 6.45) is 2.36. The lowest BCUT2D eigenvalue weighted by molar-refractivity contribution is 0.0479. The first-order valence-corrected chi connectivity index (χ1v) is 6.04. The Morgan fingerprint density at radius 2 is 2.06 bits per heavy atom. The lowest BCUT2D eigenvalue weighted by atomic mass is 9.98. The molecule has 16 heavy (non-hydrogen) atoms. The number of carbonyl (C=O) groups excluding carboxylic acids is 1. The first kappa shape index (κ1) is 11.7. The van der Waals surface area contributed by atoms with Gasteiger partial charge in [0.15, 0.2) is 0 Å². The summed E-state index contributed by atoms with van der Waals surface area (Å²) in [5, 5.41) is 12.6. The maximum Gasteiger partial charge on any atom is 0.407 e. The molecule has 2 aliphatic rings. The fourth-order valence-corrected chi connectivity index (χ4v) is 2.96. The van der Waals surface area contributed by atoms with Crippen LogP contribution in [-0.4, -0.2) is 28.9 Å². The largest absolute Gasteiger partial charge is 0.444 e. The van der Waals surface area contributed by atoms with Gasteiger partial charge in [0.1, 0.15) is 5.60 Å². The van der Waals surface area contributed by atoms with Crippen molar-refractivity contribution in [3.05, 3.63) is 0 Å². The van der Waals surface area contributed by atoms with Crippen molar-refractivity contribution in [1.82, 2.24) is 5.32 Å². The number of ether oxygens (including phenoxy) is 1. The number of alkyl carbamates (subject to hydrolysis) is 1. The summed E-state index contributed by atoms with van der Waals surface area (Å²) >= 11 is 0. The van der Waals surface area contributed by atoms with Crippen LogP contribution in [0.5, 0.6) is 0 Å². The molecule has 2 aliphatic carbocycles. The number of fused-ring (bicyclic) bond motifs is 2. The summed E-state index contributed by atoms with van der Waals surface area (Å²) in [4.78, 5) is 11.6. The number of amides is 1. The van der Waals surface area contributed by atoms with Gasteiger partial charge in [-0.1, -0.05) is 0 Å². The Kier molecular flexibility index (Phi) is 2.86. The Balaban J connectivity index is 1.89. The van der Waals surface area contributed by atoms with Gasteiger partial charge in [-0.3, -0.25) is 0 Å². The van der Waals surface area contributed by atoms with Crippen LogP contribution in [0.1, 0.15) is 40.0 Å². The number of hydrogen-bond acceptors (Lipinski definition) is 3. The lowest BCUT2D eigenvalue weighted by Crippen LogP contribution is -2.42. The molecule has 0 spiro atoms. The number of aliphatic hydroxyl groups is 1. The highest BCUT2D eigenvalue weighted by Crippen LogP contribution is 2.44. The predicted molar refractivity (Wildman–Crippen MR) is 60.0 cm³/mol. The molecule has 0 aliphatic heterocycles. The zero-order chi connectivity index (χ0) is 11.9. The van der Waals surface area contributed by atoms with E-state index in [4.69, 9.17) is 4.74 Å². The van der Waals surface area contributed by atoms with Crippen LogP contribution in [0.4, 0.5) is 4.79 Å². The van der Waals surface area contributed by atoms with E-state index in [1.54, 1.807) is 0 Å². The van der Waals surface area contributed by atoms with E-state index in [9.17, 15) is 9.90 Å². The van der Waals surface area contributed by atoms with Crippen molar-refractivity contribution in [2.75, 3.05) is 0 Å². The molecule has 2 bridgehead atoms. The highest BCUT2D eigenvalue weighted by molar-refractivity contribution is 5.68. The van der Waals surface area contributed by atoms with Crippen molar-refractivity contribution in [3.8, 4) is 0 Å². The van der Waals surface area contributed by atoms with Crippen molar-refractivity contribution in [2.45, 2.75) is 57.8 Å². The first-order chi connectivity index (χ1) is 7.37.